The Bertz CT molecular complexity index is 1340. The molecule has 6 nitrogen and oxygen atoms in total. The highest BCUT2D eigenvalue weighted by atomic mass is 16.5. The smallest absolute Gasteiger partial charge is 0.308 e. The van der Waals surface area contributed by atoms with E-state index in [0.29, 0.717) is 13.2 Å². The number of hydrogen-bond acceptors (Lipinski definition) is 5. The van der Waals surface area contributed by atoms with Crippen molar-refractivity contribution in [1.29, 1.82) is 0 Å². The molecule has 0 saturated carbocycles. The van der Waals surface area contributed by atoms with Crippen molar-refractivity contribution in [2.45, 2.75) is 45.6 Å². The Labute approximate surface area is 212 Å². The number of nitrogens with one attached hydrogen (secondary N) is 1. The zero-order chi connectivity index (χ0) is 24.9. The van der Waals surface area contributed by atoms with Gasteiger partial charge in [-0.3, -0.25) is 9.78 Å². The van der Waals surface area contributed by atoms with Crippen LogP contribution in [0.3, 0.4) is 0 Å². The summed E-state index contributed by atoms with van der Waals surface area (Å²) in [5, 5.41) is 4.48. The fourth-order valence-electron chi connectivity index (χ4n) is 4.84. The van der Waals surface area contributed by atoms with Crippen LogP contribution in [0.1, 0.15) is 48.3 Å². The molecule has 1 N–H and O–H groups in total. The molecule has 6 heteroatoms. The second kappa shape index (κ2) is 10.9. The maximum absolute atomic E-state index is 12.4. The lowest BCUT2D eigenvalue weighted by molar-refractivity contribution is -0.143. The molecule has 2 aromatic heterocycles. The van der Waals surface area contributed by atoms with E-state index in [1.54, 1.807) is 0 Å². The molecule has 186 valence electrons. The van der Waals surface area contributed by atoms with E-state index in [2.05, 4.69) is 71.4 Å². The van der Waals surface area contributed by atoms with Crippen molar-refractivity contribution < 1.29 is 14.3 Å². The van der Waals surface area contributed by atoms with Crippen LogP contribution in [-0.4, -0.2) is 35.3 Å². The van der Waals surface area contributed by atoms with Gasteiger partial charge in [0.2, 0.25) is 0 Å². The van der Waals surface area contributed by atoms with Crippen molar-refractivity contribution in [3.05, 3.63) is 89.4 Å². The average Bonchev–Trinajstić information content (AvgIpc) is 3.31. The van der Waals surface area contributed by atoms with Gasteiger partial charge in [-0.1, -0.05) is 29.8 Å². The molecule has 1 aliphatic rings. The van der Waals surface area contributed by atoms with E-state index in [1.165, 1.54) is 5.56 Å². The Kier molecular flexibility index (Phi) is 7.21. The maximum atomic E-state index is 12.4. The SMILES string of the molecule is CCOC(=O)CC(c1ccc(C)cc1)n1ccc2cc(OCCc3ccc4c(n3)CCCN4)ccc21. The van der Waals surface area contributed by atoms with Crippen LogP contribution in [0, 0.1) is 6.92 Å². The van der Waals surface area contributed by atoms with Crippen molar-refractivity contribution in [1.82, 2.24) is 9.55 Å². The number of carbonyl (C=O) groups is 1. The van der Waals surface area contributed by atoms with Crippen molar-refractivity contribution in [3.63, 3.8) is 0 Å². The highest BCUT2D eigenvalue weighted by Crippen LogP contribution is 2.30. The molecule has 1 aliphatic heterocycles. The summed E-state index contributed by atoms with van der Waals surface area (Å²) in [6.07, 6.45) is 5.25. The molecule has 0 radical (unpaired) electrons. The van der Waals surface area contributed by atoms with Crippen molar-refractivity contribution in [2.75, 3.05) is 25.1 Å². The van der Waals surface area contributed by atoms with Crippen LogP contribution in [-0.2, 0) is 22.4 Å². The predicted molar refractivity (Wildman–Crippen MR) is 143 cm³/mol. The van der Waals surface area contributed by atoms with Gasteiger partial charge in [-0.25, -0.2) is 0 Å². The van der Waals surface area contributed by atoms with Gasteiger partial charge in [0.05, 0.1) is 37.1 Å². The number of benzene rings is 2. The van der Waals surface area contributed by atoms with Crippen LogP contribution in [0.2, 0.25) is 0 Å². The minimum Gasteiger partial charge on any atom is -0.493 e. The maximum Gasteiger partial charge on any atom is 0.308 e. The van der Waals surface area contributed by atoms with E-state index in [0.717, 1.165) is 65.1 Å². The number of rotatable bonds is 9. The van der Waals surface area contributed by atoms with Crippen LogP contribution in [0.15, 0.2) is 66.9 Å². The number of aryl methyl sites for hydroxylation is 2. The van der Waals surface area contributed by atoms with Gasteiger partial charge in [-0.05, 0) is 68.7 Å². The molecule has 0 amide bonds. The number of anilines is 1. The Morgan fingerprint density at radius 2 is 1.97 bits per heavy atom. The zero-order valence-corrected chi connectivity index (χ0v) is 21.0. The minimum atomic E-state index is -0.198. The van der Waals surface area contributed by atoms with Gasteiger partial charge in [0, 0.05) is 35.8 Å². The number of ether oxygens (including phenoxy) is 2. The summed E-state index contributed by atoms with van der Waals surface area (Å²) in [6, 6.07) is 20.6. The predicted octanol–water partition coefficient (Wildman–Crippen LogP) is 5.87. The summed E-state index contributed by atoms with van der Waals surface area (Å²) >= 11 is 0. The normalized spacial score (nSPS) is 13.6. The van der Waals surface area contributed by atoms with Gasteiger partial charge in [-0.2, -0.15) is 0 Å². The lowest BCUT2D eigenvalue weighted by Gasteiger charge is -2.20. The van der Waals surface area contributed by atoms with Crippen molar-refractivity contribution in [2.24, 2.45) is 0 Å². The van der Waals surface area contributed by atoms with Gasteiger partial charge in [0.15, 0.2) is 0 Å². The first-order valence-corrected chi connectivity index (χ1v) is 12.8. The number of pyridine rings is 1. The third-order valence-corrected chi connectivity index (χ3v) is 6.72. The largest absolute Gasteiger partial charge is 0.493 e. The molecule has 1 atom stereocenters. The second-order valence-electron chi connectivity index (χ2n) is 9.30. The average molecular weight is 484 g/mol. The summed E-state index contributed by atoms with van der Waals surface area (Å²) in [7, 11) is 0. The van der Waals surface area contributed by atoms with Gasteiger partial charge in [0.25, 0.3) is 0 Å². The molecule has 2 aromatic carbocycles. The fourth-order valence-corrected chi connectivity index (χ4v) is 4.84. The van der Waals surface area contributed by atoms with E-state index in [9.17, 15) is 4.79 Å². The number of hydrogen-bond donors (Lipinski definition) is 1. The molecule has 0 fully saturated rings. The highest BCUT2D eigenvalue weighted by Gasteiger charge is 2.20. The molecule has 0 aliphatic carbocycles. The van der Waals surface area contributed by atoms with Gasteiger partial charge in [0.1, 0.15) is 5.75 Å². The molecular weight excluding hydrogens is 450 g/mol. The molecular formula is C30H33N3O3. The van der Waals surface area contributed by atoms with Crippen molar-refractivity contribution in [3.8, 4) is 5.75 Å². The Morgan fingerprint density at radius 3 is 2.81 bits per heavy atom. The van der Waals surface area contributed by atoms with Crippen LogP contribution >= 0.6 is 0 Å². The summed E-state index contributed by atoms with van der Waals surface area (Å²) in [5.41, 5.74) is 6.71. The van der Waals surface area contributed by atoms with Crippen molar-refractivity contribution >= 4 is 22.6 Å². The lowest BCUT2D eigenvalue weighted by Crippen LogP contribution is -2.16. The van der Waals surface area contributed by atoms with Gasteiger partial charge in [-0.15, -0.1) is 0 Å². The lowest BCUT2D eigenvalue weighted by atomic mass is 10.0. The Hall–Kier alpha value is -3.80. The summed E-state index contributed by atoms with van der Waals surface area (Å²) in [5.74, 6) is 0.633. The van der Waals surface area contributed by atoms with Gasteiger partial charge < -0.3 is 19.4 Å². The number of aromatic nitrogens is 2. The Morgan fingerprint density at radius 1 is 1.11 bits per heavy atom. The first-order chi connectivity index (χ1) is 17.6. The second-order valence-corrected chi connectivity index (χ2v) is 9.30. The third-order valence-electron chi connectivity index (χ3n) is 6.72. The zero-order valence-electron chi connectivity index (χ0n) is 21.0. The summed E-state index contributed by atoms with van der Waals surface area (Å²) in [4.78, 5) is 17.2. The van der Waals surface area contributed by atoms with Crippen LogP contribution in [0.4, 0.5) is 5.69 Å². The first-order valence-electron chi connectivity index (χ1n) is 12.8. The molecule has 0 bridgehead atoms. The summed E-state index contributed by atoms with van der Waals surface area (Å²) < 4.78 is 13.5. The number of carbonyl (C=O) groups excluding carboxylic acids is 1. The molecule has 0 spiro atoms. The minimum absolute atomic E-state index is 0.140. The highest BCUT2D eigenvalue weighted by molar-refractivity contribution is 5.82. The summed E-state index contributed by atoms with van der Waals surface area (Å²) in [6.45, 7) is 5.88. The van der Waals surface area contributed by atoms with Gasteiger partial charge >= 0.3 is 5.97 Å². The van der Waals surface area contributed by atoms with E-state index in [4.69, 9.17) is 14.5 Å². The monoisotopic (exact) mass is 483 g/mol. The topological polar surface area (TPSA) is 65.4 Å². The molecule has 36 heavy (non-hydrogen) atoms. The fraction of sp³-hybridized carbons (Fsp3) is 0.333. The number of nitrogens with zero attached hydrogens (tertiary/aromatic N) is 2. The van der Waals surface area contributed by atoms with E-state index in [-0.39, 0.29) is 18.4 Å². The van der Waals surface area contributed by atoms with Crippen LogP contribution in [0.5, 0.6) is 5.75 Å². The number of esters is 1. The standard InChI is InChI=1S/C30H33N3O3/c1-3-35-30(34)20-29(22-8-6-21(2)7-9-22)33-17-14-23-19-25(11-13-28(23)33)36-18-15-24-10-12-26-27(32-24)5-4-16-31-26/h6-14,17,19,29,31H,3-5,15-16,18,20H2,1-2H3. The third kappa shape index (κ3) is 5.38. The molecule has 0 saturated heterocycles. The van der Waals surface area contributed by atoms with E-state index in [1.807, 2.05) is 19.2 Å². The van der Waals surface area contributed by atoms with Crippen LogP contribution < -0.4 is 10.1 Å². The van der Waals surface area contributed by atoms with E-state index < -0.39 is 0 Å². The number of fused-ring (bicyclic) bond motifs is 2. The molecule has 1 unspecified atom stereocenters. The molecule has 3 heterocycles. The van der Waals surface area contributed by atoms with E-state index >= 15 is 0 Å². The molecule has 5 rings (SSSR count). The first kappa shape index (κ1) is 23.9. The van der Waals surface area contributed by atoms with Crippen LogP contribution in [0.25, 0.3) is 10.9 Å². The quantitative estimate of drug-likeness (QED) is 0.302. The molecule has 4 aromatic rings. The Balaban J connectivity index is 1.31.